The lowest BCUT2D eigenvalue weighted by Crippen LogP contribution is -2.42. The number of carbonyl (C=O) groups excluding carboxylic acids is 2. The fourth-order valence-corrected chi connectivity index (χ4v) is 3.64. The maximum Gasteiger partial charge on any atom is 0.257 e. The maximum absolute atomic E-state index is 12.6. The summed E-state index contributed by atoms with van der Waals surface area (Å²) >= 11 is 7.45. The maximum atomic E-state index is 12.6. The number of imide groups is 1. The van der Waals surface area contributed by atoms with Crippen molar-refractivity contribution < 1.29 is 9.59 Å². The van der Waals surface area contributed by atoms with Crippen molar-refractivity contribution in [3.05, 3.63) is 34.9 Å². The van der Waals surface area contributed by atoms with Crippen molar-refractivity contribution in [2.24, 2.45) is 5.10 Å². The van der Waals surface area contributed by atoms with Crippen LogP contribution in [0.25, 0.3) is 0 Å². The van der Waals surface area contributed by atoms with Crippen LogP contribution in [0.3, 0.4) is 0 Å². The Morgan fingerprint density at radius 3 is 2.73 bits per heavy atom. The third-order valence-corrected chi connectivity index (χ3v) is 4.89. The highest BCUT2D eigenvalue weighted by atomic mass is 35.5. The molecule has 7 heteroatoms. The summed E-state index contributed by atoms with van der Waals surface area (Å²) in [6.45, 7) is 2.08. The monoisotopic (exact) mass is 337 g/mol. The first-order valence-electron chi connectivity index (χ1n) is 7.20. The van der Waals surface area contributed by atoms with Gasteiger partial charge in [-0.3, -0.25) is 9.59 Å². The van der Waals surface area contributed by atoms with E-state index in [-0.39, 0.29) is 18.2 Å². The van der Waals surface area contributed by atoms with E-state index >= 15 is 0 Å². The minimum atomic E-state index is -0.444. The number of hydrazine groups is 1. The molecule has 2 aliphatic rings. The van der Waals surface area contributed by atoms with E-state index in [1.807, 2.05) is 0 Å². The highest BCUT2D eigenvalue weighted by molar-refractivity contribution is 8.14. The summed E-state index contributed by atoms with van der Waals surface area (Å²) in [5.41, 5.74) is 0.815. The molecular weight excluding hydrogens is 322 g/mol. The van der Waals surface area contributed by atoms with Crippen molar-refractivity contribution in [1.29, 1.82) is 0 Å². The Kier molecular flexibility index (Phi) is 4.40. The van der Waals surface area contributed by atoms with E-state index in [0.29, 0.717) is 10.9 Å². The molecule has 0 aliphatic carbocycles. The molecule has 22 heavy (non-hydrogen) atoms. The van der Waals surface area contributed by atoms with Crippen LogP contribution in [0.2, 0.25) is 5.02 Å². The topological polar surface area (TPSA) is 53.0 Å². The van der Waals surface area contributed by atoms with E-state index in [0.717, 1.165) is 23.4 Å². The van der Waals surface area contributed by atoms with Gasteiger partial charge in [0.25, 0.3) is 11.8 Å². The number of hydrogen-bond donors (Lipinski definition) is 0. The summed E-state index contributed by atoms with van der Waals surface area (Å²) in [6.07, 6.45) is 2.05. The van der Waals surface area contributed by atoms with Crippen LogP contribution in [0.4, 0.5) is 0 Å². The number of nitrogens with zero attached hydrogens (tertiary/aromatic N) is 3. The second-order valence-corrected chi connectivity index (χ2v) is 6.70. The molecule has 1 fully saturated rings. The van der Waals surface area contributed by atoms with Gasteiger partial charge in [-0.05, 0) is 30.5 Å². The molecule has 1 atom stereocenters. The van der Waals surface area contributed by atoms with Crippen LogP contribution in [0.1, 0.15) is 37.7 Å². The fraction of sp³-hybridized carbons (Fsp3) is 0.400. The molecule has 2 aliphatic heterocycles. The van der Waals surface area contributed by atoms with Crippen LogP contribution in [0.5, 0.6) is 0 Å². The molecule has 2 amide bonds. The molecule has 0 bridgehead atoms. The molecule has 3 rings (SSSR count). The summed E-state index contributed by atoms with van der Waals surface area (Å²) in [5.74, 6) is -0.346. The van der Waals surface area contributed by atoms with Crippen molar-refractivity contribution in [2.75, 3.05) is 5.88 Å². The molecule has 0 saturated carbocycles. The number of carbonyl (C=O) groups is 2. The fourth-order valence-electron chi connectivity index (χ4n) is 2.57. The average Bonchev–Trinajstić information content (AvgIpc) is 3.05. The molecule has 0 spiro atoms. The second-order valence-electron chi connectivity index (χ2n) is 5.24. The van der Waals surface area contributed by atoms with Crippen LogP contribution in [-0.2, 0) is 9.59 Å². The van der Waals surface area contributed by atoms with Gasteiger partial charge in [-0.25, -0.2) is 0 Å². The number of halogens is 1. The van der Waals surface area contributed by atoms with Gasteiger partial charge in [0, 0.05) is 11.4 Å². The molecule has 1 saturated heterocycles. The van der Waals surface area contributed by atoms with Crippen LogP contribution in [0.15, 0.2) is 29.4 Å². The number of amides is 2. The van der Waals surface area contributed by atoms with Gasteiger partial charge >= 0.3 is 0 Å². The van der Waals surface area contributed by atoms with Gasteiger partial charge in [0.05, 0.1) is 11.0 Å². The van der Waals surface area contributed by atoms with E-state index in [4.69, 9.17) is 11.6 Å². The standard InChI is InChI=1S/C15H16ClN3O2S/c1-2-3-13-17-18(9-22-13)19-14(20)8-12(15(19)21)10-4-6-11(16)7-5-10/h4-7,12H,2-3,8-9H2,1H3. The van der Waals surface area contributed by atoms with Gasteiger partial charge in [0.15, 0.2) is 0 Å². The lowest BCUT2D eigenvalue weighted by Gasteiger charge is -2.23. The molecule has 5 nitrogen and oxygen atoms in total. The molecular formula is C15H16ClN3O2S. The zero-order valence-electron chi connectivity index (χ0n) is 12.2. The van der Waals surface area contributed by atoms with E-state index in [1.165, 1.54) is 10.1 Å². The molecule has 0 N–H and O–H groups in total. The van der Waals surface area contributed by atoms with Gasteiger partial charge in [-0.15, -0.1) is 0 Å². The van der Waals surface area contributed by atoms with Crippen molar-refractivity contribution >= 4 is 40.2 Å². The molecule has 116 valence electrons. The van der Waals surface area contributed by atoms with E-state index in [2.05, 4.69) is 12.0 Å². The SMILES string of the molecule is CCCC1=NN(N2C(=O)CC(c3ccc(Cl)cc3)C2=O)CS1. The average molecular weight is 338 g/mol. The van der Waals surface area contributed by atoms with Crippen LogP contribution in [0, 0.1) is 0 Å². The normalized spacial score (nSPS) is 21.7. The van der Waals surface area contributed by atoms with E-state index < -0.39 is 5.92 Å². The van der Waals surface area contributed by atoms with Crippen molar-refractivity contribution in [2.45, 2.75) is 32.1 Å². The number of hydrogen-bond acceptors (Lipinski definition) is 5. The zero-order chi connectivity index (χ0) is 15.7. The summed E-state index contributed by atoms with van der Waals surface area (Å²) in [6, 6.07) is 7.07. The van der Waals surface area contributed by atoms with Crippen molar-refractivity contribution in [3.8, 4) is 0 Å². The molecule has 1 aromatic carbocycles. The highest BCUT2D eigenvalue weighted by Crippen LogP contribution is 2.33. The molecule has 2 heterocycles. The van der Waals surface area contributed by atoms with Crippen LogP contribution >= 0.6 is 23.4 Å². The molecule has 1 aromatic rings. The number of hydrazone groups is 1. The van der Waals surface area contributed by atoms with Gasteiger partial charge in [-0.2, -0.15) is 15.2 Å². The number of benzene rings is 1. The Bertz CT molecular complexity index is 632. The number of rotatable bonds is 4. The minimum absolute atomic E-state index is 0.181. The Labute approximate surface area is 138 Å². The smallest absolute Gasteiger partial charge is 0.257 e. The van der Waals surface area contributed by atoms with Gasteiger partial charge in [0.2, 0.25) is 0 Å². The van der Waals surface area contributed by atoms with Gasteiger partial charge < -0.3 is 0 Å². The highest BCUT2D eigenvalue weighted by Gasteiger charge is 2.43. The number of thioether (sulfide) groups is 1. The Morgan fingerprint density at radius 2 is 2.05 bits per heavy atom. The van der Waals surface area contributed by atoms with E-state index in [1.54, 1.807) is 36.0 Å². The van der Waals surface area contributed by atoms with Crippen LogP contribution < -0.4 is 0 Å². The molecule has 0 aromatic heterocycles. The lowest BCUT2D eigenvalue weighted by molar-refractivity contribution is -0.155. The molecule has 1 unspecified atom stereocenters. The van der Waals surface area contributed by atoms with Crippen LogP contribution in [-0.4, -0.2) is 32.9 Å². The van der Waals surface area contributed by atoms with Gasteiger partial charge in [0.1, 0.15) is 5.88 Å². The molecule has 0 radical (unpaired) electrons. The Hall–Kier alpha value is -1.53. The first kappa shape index (κ1) is 15.4. The third kappa shape index (κ3) is 2.85. The van der Waals surface area contributed by atoms with Crippen molar-refractivity contribution in [1.82, 2.24) is 10.1 Å². The summed E-state index contributed by atoms with van der Waals surface area (Å²) in [4.78, 5) is 24.9. The summed E-state index contributed by atoms with van der Waals surface area (Å²) < 4.78 is 0. The van der Waals surface area contributed by atoms with Gasteiger partial charge in [-0.1, -0.05) is 42.4 Å². The summed E-state index contributed by atoms with van der Waals surface area (Å²) in [7, 11) is 0. The van der Waals surface area contributed by atoms with E-state index in [9.17, 15) is 9.59 Å². The predicted molar refractivity (Wildman–Crippen MR) is 87.3 cm³/mol. The predicted octanol–water partition coefficient (Wildman–Crippen LogP) is 3.22. The Morgan fingerprint density at radius 1 is 1.32 bits per heavy atom. The largest absolute Gasteiger partial charge is 0.272 e. The summed E-state index contributed by atoms with van der Waals surface area (Å²) in [5, 5.41) is 8.65. The second kappa shape index (κ2) is 6.30. The van der Waals surface area contributed by atoms with Crippen molar-refractivity contribution in [3.63, 3.8) is 0 Å². The Balaban J connectivity index is 1.79. The first-order valence-corrected chi connectivity index (χ1v) is 8.56. The zero-order valence-corrected chi connectivity index (χ0v) is 13.7. The third-order valence-electron chi connectivity index (χ3n) is 3.66. The lowest BCUT2D eigenvalue weighted by atomic mass is 9.98. The minimum Gasteiger partial charge on any atom is -0.272 e. The first-order chi connectivity index (χ1) is 10.6. The quantitative estimate of drug-likeness (QED) is 0.792.